The Kier molecular flexibility index (Phi) is 5.76. The van der Waals surface area contributed by atoms with Gasteiger partial charge in [-0.05, 0) is 54.8 Å². The van der Waals surface area contributed by atoms with E-state index < -0.39 is 0 Å². The number of fused-ring (bicyclic) bond motifs is 1. The van der Waals surface area contributed by atoms with Crippen LogP contribution < -0.4 is 10.1 Å². The second kappa shape index (κ2) is 8.64. The van der Waals surface area contributed by atoms with Crippen LogP contribution in [-0.4, -0.2) is 22.6 Å². The number of hydrogen-bond acceptors (Lipinski definition) is 3. The summed E-state index contributed by atoms with van der Waals surface area (Å²) in [4.78, 5) is 17.4. The standard InChI is InChI=1S/C26H27N3O2/c1-17(2)19-9-12-22(13-10-19)29-18(3)28-23-15-20(11-14-24(23)29)26(30)27-16-21-7-5-6-8-25(21)31-4/h5-15,17H,16H2,1-4H3,(H,27,30). The molecule has 5 nitrogen and oxygen atoms in total. The van der Waals surface area contributed by atoms with Crippen LogP contribution in [-0.2, 0) is 6.54 Å². The van der Waals surface area contributed by atoms with Gasteiger partial charge in [0, 0.05) is 23.4 Å². The largest absolute Gasteiger partial charge is 0.496 e. The van der Waals surface area contributed by atoms with E-state index in [9.17, 15) is 4.79 Å². The van der Waals surface area contributed by atoms with Gasteiger partial charge in [-0.1, -0.05) is 44.2 Å². The van der Waals surface area contributed by atoms with Crippen LogP contribution in [0, 0.1) is 6.92 Å². The normalized spacial score (nSPS) is 11.1. The third-order valence-corrected chi connectivity index (χ3v) is 5.53. The third kappa shape index (κ3) is 4.17. The summed E-state index contributed by atoms with van der Waals surface area (Å²) in [6, 6.07) is 21.9. The van der Waals surface area contributed by atoms with Crippen LogP contribution >= 0.6 is 0 Å². The zero-order valence-corrected chi connectivity index (χ0v) is 18.3. The molecule has 0 fully saturated rings. The summed E-state index contributed by atoms with van der Waals surface area (Å²) in [6.07, 6.45) is 0. The number of benzene rings is 3. The first-order valence-corrected chi connectivity index (χ1v) is 10.5. The van der Waals surface area contributed by atoms with Gasteiger partial charge in [0.25, 0.3) is 5.91 Å². The van der Waals surface area contributed by atoms with Gasteiger partial charge in [-0.25, -0.2) is 4.98 Å². The summed E-state index contributed by atoms with van der Waals surface area (Å²) in [5, 5.41) is 2.97. The minimum absolute atomic E-state index is 0.138. The lowest BCUT2D eigenvalue weighted by Gasteiger charge is -2.11. The number of carbonyl (C=O) groups is 1. The molecule has 31 heavy (non-hydrogen) atoms. The van der Waals surface area contributed by atoms with Crippen molar-refractivity contribution in [1.29, 1.82) is 0 Å². The molecule has 0 aliphatic rings. The number of hydrogen-bond donors (Lipinski definition) is 1. The molecule has 0 saturated carbocycles. The van der Waals surface area contributed by atoms with E-state index in [0.717, 1.165) is 33.9 Å². The molecule has 0 radical (unpaired) electrons. The van der Waals surface area contributed by atoms with Gasteiger partial charge in [-0.2, -0.15) is 0 Å². The molecular formula is C26H27N3O2. The Labute approximate surface area is 182 Å². The number of nitrogens with one attached hydrogen (secondary N) is 1. The van der Waals surface area contributed by atoms with Crippen molar-refractivity contribution in [1.82, 2.24) is 14.9 Å². The zero-order valence-electron chi connectivity index (χ0n) is 18.3. The predicted octanol–water partition coefficient (Wildman–Crippen LogP) is 5.40. The molecule has 1 heterocycles. The van der Waals surface area contributed by atoms with E-state index >= 15 is 0 Å². The molecule has 3 aromatic carbocycles. The van der Waals surface area contributed by atoms with Crippen molar-refractivity contribution in [2.45, 2.75) is 33.2 Å². The van der Waals surface area contributed by atoms with Crippen molar-refractivity contribution < 1.29 is 9.53 Å². The first-order valence-electron chi connectivity index (χ1n) is 10.5. The molecule has 1 amide bonds. The number of carbonyl (C=O) groups excluding carboxylic acids is 1. The lowest BCUT2D eigenvalue weighted by atomic mass is 10.0. The van der Waals surface area contributed by atoms with E-state index in [0.29, 0.717) is 18.0 Å². The fourth-order valence-corrected chi connectivity index (χ4v) is 3.80. The quantitative estimate of drug-likeness (QED) is 0.461. The lowest BCUT2D eigenvalue weighted by Crippen LogP contribution is -2.23. The zero-order chi connectivity index (χ0) is 22.0. The highest BCUT2D eigenvalue weighted by atomic mass is 16.5. The fourth-order valence-electron chi connectivity index (χ4n) is 3.80. The maximum atomic E-state index is 12.7. The molecular weight excluding hydrogens is 386 g/mol. The highest BCUT2D eigenvalue weighted by molar-refractivity contribution is 5.97. The van der Waals surface area contributed by atoms with Gasteiger partial charge in [0.2, 0.25) is 0 Å². The van der Waals surface area contributed by atoms with Gasteiger partial charge in [0.15, 0.2) is 0 Å². The average molecular weight is 414 g/mol. The van der Waals surface area contributed by atoms with Crippen LogP contribution in [0.15, 0.2) is 66.7 Å². The highest BCUT2D eigenvalue weighted by Gasteiger charge is 2.13. The van der Waals surface area contributed by atoms with Crippen molar-refractivity contribution in [3.63, 3.8) is 0 Å². The van der Waals surface area contributed by atoms with Crippen LogP contribution in [0.25, 0.3) is 16.7 Å². The molecule has 4 rings (SSSR count). The van der Waals surface area contributed by atoms with E-state index in [-0.39, 0.29) is 5.91 Å². The Morgan fingerprint density at radius 2 is 1.81 bits per heavy atom. The Balaban J connectivity index is 1.58. The summed E-state index contributed by atoms with van der Waals surface area (Å²) in [6.45, 7) is 6.76. The van der Waals surface area contributed by atoms with E-state index in [2.05, 4.69) is 48.0 Å². The second-order valence-electron chi connectivity index (χ2n) is 7.94. The van der Waals surface area contributed by atoms with Crippen LogP contribution in [0.3, 0.4) is 0 Å². The number of aryl methyl sites for hydroxylation is 1. The molecule has 1 N–H and O–H groups in total. The van der Waals surface area contributed by atoms with Gasteiger partial charge in [0.1, 0.15) is 11.6 Å². The average Bonchev–Trinajstić information content (AvgIpc) is 3.12. The van der Waals surface area contributed by atoms with Crippen molar-refractivity contribution in [3.8, 4) is 11.4 Å². The Bertz CT molecular complexity index is 1220. The Hall–Kier alpha value is -3.60. The molecule has 0 saturated heterocycles. The number of ether oxygens (including phenoxy) is 1. The summed E-state index contributed by atoms with van der Waals surface area (Å²) < 4.78 is 7.48. The van der Waals surface area contributed by atoms with Crippen molar-refractivity contribution in [3.05, 3.63) is 89.2 Å². The van der Waals surface area contributed by atoms with E-state index in [1.165, 1.54) is 5.56 Å². The summed E-state index contributed by atoms with van der Waals surface area (Å²) >= 11 is 0. The van der Waals surface area contributed by atoms with Gasteiger partial charge < -0.3 is 10.1 Å². The second-order valence-corrected chi connectivity index (χ2v) is 7.94. The third-order valence-electron chi connectivity index (χ3n) is 5.53. The van der Waals surface area contributed by atoms with Crippen LogP contribution in [0.2, 0.25) is 0 Å². The van der Waals surface area contributed by atoms with Gasteiger partial charge >= 0.3 is 0 Å². The van der Waals surface area contributed by atoms with Crippen molar-refractivity contribution in [2.75, 3.05) is 7.11 Å². The first-order chi connectivity index (χ1) is 15.0. The molecule has 0 bridgehead atoms. The van der Waals surface area contributed by atoms with Gasteiger partial charge in [0.05, 0.1) is 18.1 Å². The number of aromatic nitrogens is 2. The highest BCUT2D eigenvalue weighted by Crippen LogP contribution is 2.24. The summed E-state index contributed by atoms with van der Waals surface area (Å²) in [5.41, 5.74) is 5.68. The maximum Gasteiger partial charge on any atom is 0.251 e. The number of amides is 1. The number of imidazole rings is 1. The van der Waals surface area contributed by atoms with E-state index in [4.69, 9.17) is 9.72 Å². The fraction of sp³-hybridized carbons (Fsp3) is 0.231. The van der Waals surface area contributed by atoms with Crippen molar-refractivity contribution in [2.24, 2.45) is 0 Å². The minimum atomic E-state index is -0.138. The number of methoxy groups -OCH3 is 1. The lowest BCUT2D eigenvalue weighted by molar-refractivity contribution is 0.0951. The molecule has 0 aliphatic carbocycles. The molecule has 0 aliphatic heterocycles. The number of rotatable bonds is 6. The van der Waals surface area contributed by atoms with Crippen LogP contribution in [0.4, 0.5) is 0 Å². The molecule has 1 aromatic heterocycles. The van der Waals surface area contributed by atoms with Crippen molar-refractivity contribution >= 4 is 16.9 Å². The van der Waals surface area contributed by atoms with Crippen LogP contribution in [0.5, 0.6) is 5.75 Å². The Morgan fingerprint density at radius 1 is 1.06 bits per heavy atom. The number of para-hydroxylation sites is 1. The molecule has 5 heteroatoms. The first kappa shape index (κ1) is 20.7. The summed E-state index contributed by atoms with van der Waals surface area (Å²) in [7, 11) is 1.63. The molecule has 0 spiro atoms. The molecule has 0 atom stereocenters. The summed E-state index contributed by atoms with van der Waals surface area (Å²) in [5.74, 6) is 2.00. The molecule has 158 valence electrons. The number of nitrogens with zero attached hydrogens (tertiary/aromatic N) is 2. The molecule has 4 aromatic rings. The Morgan fingerprint density at radius 3 is 2.52 bits per heavy atom. The van der Waals surface area contributed by atoms with Gasteiger partial charge in [-0.3, -0.25) is 9.36 Å². The topological polar surface area (TPSA) is 56.1 Å². The monoisotopic (exact) mass is 413 g/mol. The maximum absolute atomic E-state index is 12.7. The minimum Gasteiger partial charge on any atom is -0.496 e. The predicted molar refractivity (Wildman–Crippen MR) is 124 cm³/mol. The molecule has 0 unspecified atom stereocenters. The van der Waals surface area contributed by atoms with Gasteiger partial charge in [-0.15, -0.1) is 0 Å². The van der Waals surface area contributed by atoms with E-state index in [1.54, 1.807) is 7.11 Å². The SMILES string of the molecule is COc1ccccc1CNC(=O)c1ccc2c(c1)nc(C)n2-c1ccc(C(C)C)cc1. The van der Waals surface area contributed by atoms with E-state index in [1.807, 2.05) is 49.4 Å². The smallest absolute Gasteiger partial charge is 0.251 e. The van der Waals surface area contributed by atoms with Crippen LogP contribution in [0.1, 0.15) is 47.1 Å².